The lowest BCUT2D eigenvalue weighted by Crippen LogP contribution is -2.55. The summed E-state index contributed by atoms with van der Waals surface area (Å²) in [5.74, 6) is 0.0116. The summed E-state index contributed by atoms with van der Waals surface area (Å²) in [6.07, 6.45) is 5.34. The van der Waals surface area contributed by atoms with Crippen LogP contribution < -0.4 is 16.4 Å². The first-order valence-corrected chi connectivity index (χ1v) is 6.44. The Morgan fingerprint density at radius 1 is 1.47 bits per heavy atom. The minimum Gasteiger partial charge on any atom is -0.355 e. The molecule has 0 aromatic carbocycles. The van der Waals surface area contributed by atoms with Gasteiger partial charge in [-0.05, 0) is 19.3 Å². The summed E-state index contributed by atoms with van der Waals surface area (Å²) < 4.78 is 0. The molecule has 1 aliphatic heterocycles. The van der Waals surface area contributed by atoms with E-state index in [0.717, 1.165) is 25.7 Å². The van der Waals surface area contributed by atoms with E-state index < -0.39 is 0 Å². The summed E-state index contributed by atoms with van der Waals surface area (Å²) in [5, 5.41) is 5.85. The SMILES string of the molecule is NCC1(NC(=O)C2CCC(=O)NC2)CCCC1. The van der Waals surface area contributed by atoms with Gasteiger partial charge in [-0.1, -0.05) is 12.8 Å². The van der Waals surface area contributed by atoms with E-state index >= 15 is 0 Å². The molecule has 2 amide bonds. The second-order valence-electron chi connectivity index (χ2n) is 5.22. The molecule has 5 nitrogen and oxygen atoms in total. The van der Waals surface area contributed by atoms with Gasteiger partial charge in [0, 0.05) is 19.5 Å². The largest absolute Gasteiger partial charge is 0.355 e. The van der Waals surface area contributed by atoms with Crippen molar-refractivity contribution in [2.24, 2.45) is 11.7 Å². The van der Waals surface area contributed by atoms with Gasteiger partial charge in [-0.3, -0.25) is 9.59 Å². The molecule has 4 N–H and O–H groups in total. The lowest BCUT2D eigenvalue weighted by molar-refractivity contribution is -0.130. The highest BCUT2D eigenvalue weighted by atomic mass is 16.2. The molecule has 1 aliphatic carbocycles. The Labute approximate surface area is 102 Å². The van der Waals surface area contributed by atoms with E-state index in [4.69, 9.17) is 5.73 Å². The lowest BCUT2D eigenvalue weighted by atomic mass is 9.93. The molecule has 0 bridgehead atoms. The van der Waals surface area contributed by atoms with Crippen LogP contribution in [0.4, 0.5) is 0 Å². The van der Waals surface area contributed by atoms with Crippen LogP contribution in [0, 0.1) is 5.92 Å². The highest BCUT2D eigenvalue weighted by Crippen LogP contribution is 2.29. The molecule has 5 heteroatoms. The molecule has 0 aromatic heterocycles. The molecular formula is C12H21N3O2. The van der Waals surface area contributed by atoms with Crippen LogP contribution in [0.25, 0.3) is 0 Å². The third-order valence-electron chi connectivity index (χ3n) is 3.98. The van der Waals surface area contributed by atoms with Gasteiger partial charge in [0.1, 0.15) is 0 Å². The van der Waals surface area contributed by atoms with E-state index in [1.54, 1.807) is 0 Å². The Hall–Kier alpha value is -1.10. The molecule has 0 radical (unpaired) electrons. The molecule has 17 heavy (non-hydrogen) atoms. The Bertz CT molecular complexity index is 301. The van der Waals surface area contributed by atoms with Gasteiger partial charge in [-0.25, -0.2) is 0 Å². The lowest BCUT2D eigenvalue weighted by Gasteiger charge is -2.32. The van der Waals surface area contributed by atoms with Crippen LogP contribution in [0.5, 0.6) is 0 Å². The number of hydrogen-bond donors (Lipinski definition) is 3. The zero-order valence-electron chi connectivity index (χ0n) is 10.1. The number of amides is 2. The van der Waals surface area contributed by atoms with Crippen molar-refractivity contribution in [2.75, 3.05) is 13.1 Å². The first kappa shape index (κ1) is 12.4. The maximum Gasteiger partial charge on any atom is 0.225 e. The first-order valence-electron chi connectivity index (χ1n) is 6.44. The van der Waals surface area contributed by atoms with Crippen molar-refractivity contribution in [3.63, 3.8) is 0 Å². The molecule has 2 aliphatic rings. The van der Waals surface area contributed by atoms with Crippen LogP contribution in [0.3, 0.4) is 0 Å². The van der Waals surface area contributed by atoms with Crippen LogP contribution in [-0.2, 0) is 9.59 Å². The first-order chi connectivity index (χ1) is 8.15. The van der Waals surface area contributed by atoms with Crippen LogP contribution in [0.1, 0.15) is 38.5 Å². The van der Waals surface area contributed by atoms with Crippen LogP contribution >= 0.6 is 0 Å². The Morgan fingerprint density at radius 3 is 2.71 bits per heavy atom. The molecule has 1 heterocycles. The Kier molecular flexibility index (Phi) is 3.66. The van der Waals surface area contributed by atoms with E-state index in [2.05, 4.69) is 10.6 Å². The summed E-state index contributed by atoms with van der Waals surface area (Å²) in [5.41, 5.74) is 5.60. The number of hydrogen-bond acceptors (Lipinski definition) is 3. The van der Waals surface area contributed by atoms with E-state index in [1.165, 1.54) is 0 Å². The topological polar surface area (TPSA) is 84.2 Å². The van der Waals surface area contributed by atoms with E-state index in [9.17, 15) is 9.59 Å². The van der Waals surface area contributed by atoms with Crippen LogP contribution in [-0.4, -0.2) is 30.4 Å². The minimum absolute atomic E-state index is 0.0449. The molecule has 96 valence electrons. The predicted molar refractivity (Wildman–Crippen MR) is 64.1 cm³/mol. The molecule has 1 atom stereocenters. The molecule has 2 fully saturated rings. The van der Waals surface area contributed by atoms with Crippen LogP contribution in [0.15, 0.2) is 0 Å². The van der Waals surface area contributed by atoms with Gasteiger partial charge in [0.15, 0.2) is 0 Å². The molecule has 1 saturated heterocycles. The number of carbonyl (C=O) groups excluding carboxylic acids is 2. The molecule has 2 rings (SSSR count). The second-order valence-corrected chi connectivity index (χ2v) is 5.22. The van der Waals surface area contributed by atoms with Gasteiger partial charge in [-0.15, -0.1) is 0 Å². The van der Waals surface area contributed by atoms with Gasteiger partial charge >= 0.3 is 0 Å². The fourth-order valence-electron chi connectivity index (χ4n) is 2.75. The van der Waals surface area contributed by atoms with Gasteiger partial charge in [-0.2, -0.15) is 0 Å². The van der Waals surface area contributed by atoms with Crippen molar-refractivity contribution < 1.29 is 9.59 Å². The second kappa shape index (κ2) is 5.04. The number of nitrogens with one attached hydrogen (secondary N) is 2. The van der Waals surface area contributed by atoms with Crippen molar-refractivity contribution in [3.05, 3.63) is 0 Å². The summed E-state index contributed by atoms with van der Waals surface area (Å²) in [4.78, 5) is 23.1. The van der Waals surface area contributed by atoms with E-state index in [-0.39, 0.29) is 23.3 Å². The van der Waals surface area contributed by atoms with Gasteiger partial charge < -0.3 is 16.4 Å². The van der Waals surface area contributed by atoms with E-state index in [1.807, 2.05) is 0 Å². The van der Waals surface area contributed by atoms with Crippen molar-refractivity contribution >= 4 is 11.8 Å². The average molecular weight is 239 g/mol. The Balaban J connectivity index is 1.89. The fraction of sp³-hybridized carbons (Fsp3) is 0.833. The molecule has 0 spiro atoms. The predicted octanol–water partition coefficient (Wildman–Crippen LogP) is -0.0997. The van der Waals surface area contributed by atoms with Crippen molar-refractivity contribution in [1.82, 2.24) is 10.6 Å². The zero-order valence-corrected chi connectivity index (χ0v) is 10.1. The maximum atomic E-state index is 12.1. The fourth-order valence-corrected chi connectivity index (χ4v) is 2.75. The Morgan fingerprint density at radius 2 is 2.18 bits per heavy atom. The van der Waals surface area contributed by atoms with Gasteiger partial charge in [0.05, 0.1) is 11.5 Å². The van der Waals surface area contributed by atoms with Gasteiger partial charge in [0.2, 0.25) is 11.8 Å². The summed E-state index contributed by atoms with van der Waals surface area (Å²) in [7, 11) is 0. The number of nitrogens with two attached hydrogens (primary N) is 1. The molecule has 1 unspecified atom stereocenters. The highest BCUT2D eigenvalue weighted by Gasteiger charge is 2.36. The summed E-state index contributed by atoms with van der Waals surface area (Å²) in [6, 6.07) is 0. The quantitative estimate of drug-likeness (QED) is 0.643. The zero-order chi connectivity index (χ0) is 12.3. The standard InChI is InChI=1S/C12H21N3O2/c13-8-12(5-1-2-6-12)15-11(17)9-3-4-10(16)14-7-9/h9H,1-8,13H2,(H,14,16)(H,15,17). The minimum atomic E-state index is -0.182. The van der Waals surface area contributed by atoms with Crippen LogP contribution in [0.2, 0.25) is 0 Å². The van der Waals surface area contributed by atoms with Gasteiger partial charge in [0.25, 0.3) is 0 Å². The smallest absolute Gasteiger partial charge is 0.225 e. The van der Waals surface area contributed by atoms with Crippen molar-refractivity contribution in [2.45, 2.75) is 44.1 Å². The number of rotatable bonds is 3. The number of carbonyl (C=O) groups is 2. The molecular weight excluding hydrogens is 218 g/mol. The average Bonchev–Trinajstić information content (AvgIpc) is 2.79. The highest BCUT2D eigenvalue weighted by molar-refractivity contribution is 5.84. The van der Waals surface area contributed by atoms with Crippen molar-refractivity contribution in [3.8, 4) is 0 Å². The maximum absolute atomic E-state index is 12.1. The summed E-state index contributed by atoms with van der Waals surface area (Å²) >= 11 is 0. The van der Waals surface area contributed by atoms with E-state index in [0.29, 0.717) is 25.9 Å². The molecule has 1 saturated carbocycles. The molecule has 0 aromatic rings. The summed E-state index contributed by atoms with van der Waals surface area (Å²) in [6.45, 7) is 0.975. The number of piperidine rings is 1. The third kappa shape index (κ3) is 2.77. The third-order valence-corrected chi connectivity index (χ3v) is 3.98. The normalized spacial score (nSPS) is 27.6. The van der Waals surface area contributed by atoms with Crippen molar-refractivity contribution in [1.29, 1.82) is 0 Å². The monoisotopic (exact) mass is 239 g/mol.